The summed E-state index contributed by atoms with van der Waals surface area (Å²) in [7, 11) is 0. The van der Waals surface area contributed by atoms with Crippen LogP contribution >= 0.6 is 0 Å². The summed E-state index contributed by atoms with van der Waals surface area (Å²) in [6.07, 6.45) is 8.91. The van der Waals surface area contributed by atoms with E-state index in [0.29, 0.717) is 5.69 Å². The normalized spacial score (nSPS) is 16.6. The molecule has 1 aromatic rings. The van der Waals surface area contributed by atoms with E-state index in [2.05, 4.69) is 9.88 Å². The number of carbonyl (C=O) groups excluding carboxylic acids is 1. The number of piperidine rings is 1. The summed E-state index contributed by atoms with van der Waals surface area (Å²) in [4.78, 5) is 17.9. The molecule has 84 valence electrons. The monoisotopic (exact) mass is 216 g/mol. The minimum atomic E-state index is -0.0221. The molecule has 0 N–H and O–H groups in total. The number of allylic oxidation sites excluding steroid dienone is 1. The quantitative estimate of drug-likeness (QED) is 0.574. The van der Waals surface area contributed by atoms with E-state index >= 15 is 0 Å². The Bertz CT molecular complexity index is 367. The van der Waals surface area contributed by atoms with Gasteiger partial charge in [0.25, 0.3) is 0 Å². The van der Waals surface area contributed by atoms with Crippen molar-refractivity contribution in [1.29, 1.82) is 0 Å². The molecule has 2 rings (SSSR count). The van der Waals surface area contributed by atoms with E-state index in [4.69, 9.17) is 0 Å². The van der Waals surface area contributed by atoms with Crippen molar-refractivity contribution in [1.82, 2.24) is 9.88 Å². The van der Waals surface area contributed by atoms with Crippen LogP contribution in [0.3, 0.4) is 0 Å². The second-order valence-corrected chi connectivity index (χ2v) is 3.99. The molecule has 0 amide bonds. The van der Waals surface area contributed by atoms with E-state index in [0.717, 1.165) is 13.1 Å². The number of hydrogen-bond acceptors (Lipinski definition) is 3. The van der Waals surface area contributed by atoms with Crippen molar-refractivity contribution < 1.29 is 4.79 Å². The van der Waals surface area contributed by atoms with Gasteiger partial charge in [-0.05, 0) is 31.4 Å². The third kappa shape index (κ3) is 2.92. The van der Waals surface area contributed by atoms with Gasteiger partial charge in [-0.1, -0.05) is 6.07 Å². The molecule has 0 aliphatic carbocycles. The van der Waals surface area contributed by atoms with Crippen molar-refractivity contribution >= 4 is 5.78 Å². The number of rotatable bonds is 3. The average molecular weight is 216 g/mol. The van der Waals surface area contributed by atoms with Crippen molar-refractivity contribution in [3.05, 3.63) is 42.4 Å². The molecule has 0 radical (unpaired) electrons. The summed E-state index contributed by atoms with van der Waals surface area (Å²) in [5, 5.41) is 0. The molecule has 3 nitrogen and oxygen atoms in total. The maximum atomic E-state index is 11.7. The molecule has 0 saturated carbocycles. The fourth-order valence-electron chi connectivity index (χ4n) is 1.83. The lowest BCUT2D eigenvalue weighted by Crippen LogP contribution is -2.24. The molecule has 0 aromatic carbocycles. The van der Waals surface area contributed by atoms with Crippen LogP contribution in [-0.2, 0) is 0 Å². The van der Waals surface area contributed by atoms with Crippen LogP contribution in [-0.4, -0.2) is 28.8 Å². The maximum Gasteiger partial charge on any atom is 0.205 e. The summed E-state index contributed by atoms with van der Waals surface area (Å²) in [5.74, 6) is -0.0221. The van der Waals surface area contributed by atoms with Crippen molar-refractivity contribution in [3.8, 4) is 0 Å². The van der Waals surface area contributed by atoms with Gasteiger partial charge in [0.05, 0.1) is 0 Å². The first-order valence-corrected chi connectivity index (χ1v) is 5.74. The van der Waals surface area contributed by atoms with Crippen LogP contribution in [0, 0.1) is 0 Å². The topological polar surface area (TPSA) is 33.2 Å². The van der Waals surface area contributed by atoms with Crippen LogP contribution in [0.15, 0.2) is 36.7 Å². The number of pyridine rings is 1. The summed E-state index contributed by atoms with van der Waals surface area (Å²) in [6, 6.07) is 5.38. The number of nitrogens with zero attached hydrogens (tertiary/aromatic N) is 2. The van der Waals surface area contributed by atoms with Gasteiger partial charge in [-0.3, -0.25) is 9.78 Å². The van der Waals surface area contributed by atoms with E-state index in [1.54, 1.807) is 18.3 Å². The van der Waals surface area contributed by atoms with Crippen LogP contribution < -0.4 is 0 Å². The zero-order valence-electron chi connectivity index (χ0n) is 9.30. The van der Waals surface area contributed by atoms with Crippen LogP contribution in [0.5, 0.6) is 0 Å². The number of hydrogen-bond donors (Lipinski definition) is 0. The van der Waals surface area contributed by atoms with Gasteiger partial charge in [-0.2, -0.15) is 0 Å². The molecule has 1 saturated heterocycles. The molecular formula is C13H16N2O. The average Bonchev–Trinajstić information content (AvgIpc) is 2.38. The van der Waals surface area contributed by atoms with Crippen LogP contribution in [0.1, 0.15) is 29.8 Å². The second kappa shape index (κ2) is 5.45. The summed E-state index contributed by atoms with van der Waals surface area (Å²) >= 11 is 0. The Balaban J connectivity index is 1.94. The van der Waals surface area contributed by atoms with E-state index in [9.17, 15) is 4.79 Å². The van der Waals surface area contributed by atoms with Gasteiger partial charge in [0.2, 0.25) is 5.78 Å². The predicted molar refractivity (Wildman–Crippen MR) is 63.1 cm³/mol. The Morgan fingerprint density at radius 1 is 1.25 bits per heavy atom. The highest BCUT2D eigenvalue weighted by molar-refractivity contribution is 6.02. The molecule has 0 spiro atoms. The van der Waals surface area contributed by atoms with E-state index in [1.807, 2.05) is 18.3 Å². The first kappa shape index (κ1) is 10.9. The minimum Gasteiger partial charge on any atom is -0.377 e. The van der Waals surface area contributed by atoms with Gasteiger partial charge in [-0.15, -0.1) is 0 Å². The highest BCUT2D eigenvalue weighted by Gasteiger charge is 2.07. The number of carbonyl (C=O) groups is 1. The minimum absolute atomic E-state index is 0.0221. The first-order chi connectivity index (χ1) is 7.86. The molecule has 1 fully saturated rings. The fraction of sp³-hybridized carbons (Fsp3) is 0.385. The highest BCUT2D eigenvalue weighted by Crippen LogP contribution is 2.09. The zero-order chi connectivity index (χ0) is 11.2. The van der Waals surface area contributed by atoms with E-state index in [1.165, 1.54) is 19.3 Å². The molecular weight excluding hydrogens is 200 g/mol. The SMILES string of the molecule is O=C(/C=C\N1CCCCC1)c1ccccn1. The fourth-order valence-corrected chi connectivity index (χ4v) is 1.83. The lowest BCUT2D eigenvalue weighted by molar-refractivity contribution is 0.104. The van der Waals surface area contributed by atoms with Crippen molar-refractivity contribution in [2.24, 2.45) is 0 Å². The Hall–Kier alpha value is -1.64. The van der Waals surface area contributed by atoms with Gasteiger partial charge in [0.15, 0.2) is 0 Å². The molecule has 1 aliphatic heterocycles. The lowest BCUT2D eigenvalue weighted by Gasteiger charge is -2.24. The largest absolute Gasteiger partial charge is 0.377 e. The molecule has 2 heterocycles. The van der Waals surface area contributed by atoms with Crippen molar-refractivity contribution in [2.75, 3.05) is 13.1 Å². The summed E-state index contributed by atoms with van der Waals surface area (Å²) < 4.78 is 0. The smallest absolute Gasteiger partial charge is 0.205 e. The molecule has 0 bridgehead atoms. The van der Waals surface area contributed by atoms with Crippen LogP contribution in [0.25, 0.3) is 0 Å². The Kier molecular flexibility index (Phi) is 3.70. The van der Waals surface area contributed by atoms with Gasteiger partial charge >= 0.3 is 0 Å². The zero-order valence-corrected chi connectivity index (χ0v) is 9.30. The molecule has 3 heteroatoms. The van der Waals surface area contributed by atoms with Crippen molar-refractivity contribution in [2.45, 2.75) is 19.3 Å². The third-order valence-corrected chi connectivity index (χ3v) is 2.74. The van der Waals surface area contributed by atoms with Gasteiger partial charge in [-0.25, -0.2) is 0 Å². The summed E-state index contributed by atoms with van der Waals surface area (Å²) in [6.45, 7) is 2.12. The molecule has 16 heavy (non-hydrogen) atoms. The predicted octanol–water partition coefficient (Wildman–Crippen LogP) is 2.26. The molecule has 1 aromatic heterocycles. The standard InChI is InChI=1S/C13H16N2O/c16-13(12-6-2-3-8-14-12)7-11-15-9-4-1-5-10-15/h2-3,6-8,11H,1,4-5,9-10H2/b11-7-. The Morgan fingerprint density at radius 2 is 2.06 bits per heavy atom. The van der Waals surface area contributed by atoms with Gasteiger partial charge in [0.1, 0.15) is 5.69 Å². The first-order valence-electron chi connectivity index (χ1n) is 5.74. The second-order valence-electron chi connectivity index (χ2n) is 3.99. The highest BCUT2D eigenvalue weighted by atomic mass is 16.1. The van der Waals surface area contributed by atoms with Gasteiger partial charge in [0, 0.05) is 31.6 Å². The maximum absolute atomic E-state index is 11.7. The van der Waals surface area contributed by atoms with E-state index in [-0.39, 0.29) is 5.78 Å². The Morgan fingerprint density at radius 3 is 2.75 bits per heavy atom. The Labute approximate surface area is 95.8 Å². The number of aromatic nitrogens is 1. The molecule has 0 atom stereocenters. The lowest BCUT2D eigenvalue weighted by atomic mass is 10.1. The number of ketones is 1. The van der Waals surface area contributed by atoms with Gasteiger partial charge < -0.3 is 4.90 Å². The molecule has 1 aliphatic rings. The third-order valence-electron chi connectivity index (χ3n) is 2.74. The van der Waals surface area contributed by atoms with Crippen molar-refractivity contribution in [3.63, 3.8) is 0 Å². The van der Waals surface area contributed by atoms with E-state index < -0.39 is 0 Å². The van der Waals surface area contributed by atoms with Crippen LogP contribution in [0.2, 0.25) is 0 Å². The summed E-state index contributed by atoms with van der Waals surface area (Å²) in [5.41, 5.74) is 0.510. The number of likely N-dealkylation sites (tertiary alicyclic amines) is 1. The molecule has 0 unspecified atom stereocenters. The van der Waals surface area contributed by atoms with Crippen LogP contribution in [0.4, 0.5) is 0 Å².